The van der Waals surface area contributed by atoms with Gasteiger partial charge in [0.1, 0.15) is 24.4 Å². The number of carbonyl (C=O) groups excluding carboxylic acids is 1. The quantitative estimate of drug-likeness (QED) is 0.470. The lowest BCUT2D eigenvalue weighted by Crippen LogP contribution is -2.59. The van der Waals surface area contributed by atoms with E-state index in [1.807, 2.05) is 13.8 Å². The molecule has 7 heteroatoms. The monoisotopic (exact) mass is 306 g/mol. The fourth-order valence-corrected chi connectivity index (χ4v) is 2.45. The van der Waals surface area contributed by atoms with E-state index in [1.165, 1.54) is 0 Å². The van der Waals surface area contributed by atoms with Crippen molar-refractivity contribution >= 4 is 5.97 Å². The maximum absolute atomic E-state index is 12.1. The molecular formula is C14H26O7. The fraction of sp³-hybridized carbons (Fsp3) is 0.929. The fourth-order valence-electron chi connectivity index (χ4n) is 2.45. The van der Waals surface area contributed by atoms with Gasteiger partial charge in [0.15, 0.2) is 0 Å². The highest BCUT2D eigenvalue weighted by Crippen LogP contribution is 2.24. The van der Waals surface area contributed by atoms with E-state index >= 15 is 0 Å². The van der Waals surface area contributed by atoms with E-state index in [1.54, 1.807) is 0 Å². The molecule has 0 spiro atoms. The van der Waals surface area contributed by atoms with Gasteiger partial charge in [0.05, 0.1) is 12.5 Å². The first-order chi connectivity index (χ1) is 9.96. The zero-order valence-corrected chi connectivity index (χ0v) is 12.5. The van der Waals surface area contributed by atoms with Gasteiger partial charge in [0, 0.05) is 0 Å². The van der Waals surface area contributed by atoms with E-state index < -0.39 is 43.3 Å². The minimum Gasteiger partial charge on any atom is -0.433 e. The topological polar surface area (TPSA) is 116 Å². The molecule has 0 amide bonds. The molecule has 7 nitrogen and oxygen atoms in total. The smallest absolute Gasteiger partial charge is 0.311 e. The third kappa shape index (κ3) is 4.62. The number of hydrogen-bond acceptors (Lipinski definition) is 7. The minimum absolute atomic E-state index is 0.285. The molecule has 0 bridgehead atoms. The molecule has 4 N–H and O–H groups in total. The Bertz CT molecular complexity index is 314. The van der Waals surface area contributed by atoms with Crippen molar-refractivity contribution in [2.24, 2.45) is 5.92 Å². The summed E-state index contributed by atoms with van der Waals surface area (Å²) in [6, 6.07) is 0. The van der Waals surface area contributed by atoms with Gasteiger partial charge in [0.25, 0.3) is 0 Å². The van der Waals surface area contributed by atoms with E-state index in [2.05, 4.69) is 0 Å². The van der Waals surface area contributed by atoms with Crippen LogP contribution in [-0.2, 0) is 14.3 Å². The predicted octanol–water partition coefficient (Wildman–Crippen LogP) is -0.454. The Morgan fingerprint density at radius 3 is 2.14 bits per heavy atom. The molecule has 1 aliphatic rings. The summed E-state index contributed by atoms with van der Waals surface area (Å²) >= 11 is 0. The van der Waals surface area contributed by atoms with Crippen LogP contribution in [0.2, 0.25) is 0 Å². The lowest BCUT2D eigenvalue weighted by atomic mass is 9.97. The number of ether oxygens (including phenoxy) is 2. The molecule has 1 fully saturated rings. The van der Waals surface area contributed by atoms with Crippen molar-refractivity contribution in [3.63, 3.8) is 0 Å². The Labute approximate surface area is 124 Å². The lowest BCUT2D eigenvalue weighted by Gasteiger charge is -2.39. The van der Waals surface area contributed by atoms with Crippen LogP contribution in [-0.4, -0.2) is 63.7 Å². The van der Waals surface area contributed by atoms with Crippen molar-refractivity contribution in [1.82, 2.24) is 0 Å². The number of esters is 1. The van der Waals surface area contributed by atoms with Crippen LogP contribution in [0, 0.1) is 5.92 Å². The van der Waals surface area contributed by atoms with Crippen molar-refractivity contribution in [3.05, 3.63) is 0 Å². The molecule has 1 rings (SSSR count). The Morgan fingerprint density at radius 1 is 1.10 bits per heavy atom. The normalized spacial score (nSPS) is 33.2. The van der Waals surface area contributed by atoms with Crippen LogP contribution < -0.4 is 0 Å². The Balaban J connectivity index is 2.68. The van der Waals surface area contributed by atoms with E-state index in [4.69, 9.17) is 14.6 Å². The predicted molar refractivity (Wildman–Crippen MR) is 73.2 cm³/mol. The molecule has 1 saturated heterocycles. The number of rotatable bonds is 7. The van der Waals surface area contributed by atoms with Gasteiger partial charge in [-0.3, -0.25) is 4.79 Å². The second-order valence-corrected chi connectivity index (χ2v) is 5.41. The summed E-state index contributed by atoms with van der Waals surface area (Å²) in [5.74, 6) is -0.782. The molecule has 0 aromatic rings. The van der Waals surface area contributed by atoms with E-state index in [9.17, 15) is 20.1 Å². The highest BCUT2D eigenvalue weighted by molar-refractivity contribution is 5.72. The van der Waals surface area contributed by atoms with Crippen LogP contribution in [0.4, 0.5) is 0 Å². The van der Waals surface area contributed by atoms with E-state index in [-0.39, 0.29) is 5.92 Å². The standard InChI is InChI=1S/C14H26O7/c1-3-5-8(6-4-2)13(19)21-14-12(18)11(17)10(16)9(7-15)20-14/h8-12,14-18H,3-7H2,1-2H3/t9-,10-,11+,12-,14?/m1/s1. The highest BCUT2D eigenvalue weighted by atomic mass is 16.7. The average Bonchev–Trinajstić information content (AvgIpc) is 2.47. The second-order valence-electron chi connectivity index (χ2n) is 5.41. The van der Waals surface area contributed by atoms with Crippen molar-refractivity contribution in [2.45, 2.75) is 70.2 Å². The number of carbonyl (C=O) groups is 1. The molecule has 1 aliphatic heterocycles. The van der Waals surface area contributed by atoms with Gasteiger partial charge >= 0.3 is 5.97 Å². The molecule has 21 heavy (non-hydrogen) atoms. The van der Waals surface area contributed by atoms with Crippen LogP contribution in [0.1, 0.15) is 39.5 Å². The molecule has 0 aromatic carbocycles. The van der Waals surface area contributed by atoms with E-state index in [0.717, 1.165) is 12.8 Å². The SMILES string of the molecule is CCCC(CCC)C(=O)OC1O[C@H](CO)[C@@H](O)[C@H](O)[C@H]1O. The van der Waals surface area contributed by atoms with Gasteiger partial charge in [0.2, 0.25) is 6.29 Å². The largest absolute Gasteiger partial charge is 0.433 e. The van der Waals surface area contributed by atoms with Gasteiger partial charge in [-0.1, -0.05) is 26.7 Å². The molecule has 0 aromatic heterocycles. The van der Waals surface area contributed by atoms with Gasteiger partial charge < -0.3 is 29.9 Å². The summed E-state index contributed by atoms with van der Waals surface area (Å²) in [5.41, 5.74) is 0. The average molecular weight is 306 g/mol. The zero-order valence-electron chi connectivity index (χ0n) is 12.5. The molecular weight excluding hydrogens is 280 g/mol. The number of hydrogen-bond donors (Lipinski definition) is 4. The first-order valence-corrected chi connectivity index (χ1v) is 7.47. The summed E-state index contributed by atoms with van der Waals surface area (Å²) in [5, 5.41) is 38.2. The molecule has 0 aliphatic carbocycles. The maximum atomic E-state index is 12.1. The third-order valence-corrected chi connectivity index (χ3v) is 3.69. The number of aliphatic hydroxyl groups is 4. The van der Waals surface area contributed by atoms with Gasteiger partial charge in [-0.15, -0.1) is 0 Å². The second kappa shape index (κ2) is 8.65. The Kier molecular flexibility index (Phi) is 7.55. The van der Waals surface area contributed by atoms with Crippen molar-refractivity contribution in [3.8, 4) is 0 Å². The third-order valence-electron chi connectivity index (χ3n) is 3.69. The Hall–Kier alpha value is -0.730. The summed E-state index contributed by atoms with van der Waals surface area (Å²) in [7, 11) is 0. The number of aliphatic hydroxyl groups excluding tert-OH is 4. The van der Waals surface area contributed by atoms with E-state index in [0.29, 0.717) is 12.8 Å². The Morgan fingerprint density at radius 2 is 1.67 bits per heavy atom. The molecule has 0 saturated carbocycles. The van der Waals surface area contributed by atoms with Crippen molar-refractivity contribution in [1.29, 1.82) is 0 Å². The molecule has 0 radical (unpaired) electrons. The van der Waals surface area contributed by atoms with Gasteiger partial charge in [-0.05, 0) is 12.8 Å². The van der Waals surface area contributed by atoms with Gasteiger partial charge in [-0.2, -0.15) is 0 Å². The molecule has 1 unspecified atom stereocenters. The van der Waals surface area contributed by atoms with Crippen LogP contribution >= 0.6 is 0 Å². The van der Waals surface area contributed by atoms with Gasteiger partial charge in [-0.25, -0.2) is 0 Å². The summed E-state index contributed by atoms with van der Waals surface area (Å²) < 4.78 is 10.3. The molecule has 1 heterocycles. The van der Waals surface area contributed by atoms with Crippen molar-refractivity contribution < 1.29 is 34.7 Å². The first-order valence-electron chi connectivity index (χ1n) is 7.47. The minimum atomic E-state index is -1.55. The first kappa shape index (κ1) is 18.3. The summed E-state index contributed by atoms with van der Waals surface area (Å²) in [6.45, 7) is 3.37. The van der Waals surface area contributed by atoms with Crippen molar-refractivity contribution in [2.75, 3.05) is 6.61 Å². The summed E-state index contributed by atoms with van der Waals surface area (Å²) in [6.07, 6.45) is -4.00. The lowest BCUT2D eigenvalue weighted by molar-refractivity contribution is -0.293. The van der Waals surface area contributed by atoms with Crippen LogP contribution in [0.25, 0.3) is 0 Å². The van der Waals surface area contributed by atoms with Crippen LogP contribution in [0.3, 0.4) is 0 Å². The summed E-state index contributed by atoms with van der Waals surface area (Å²) in [4.78, 5) is 12.1. The van der Waals surface area contributed by atoms with Crippen LogP contribution in [0.15, 0.2) is 0 Å². The molecule has 5 atom stereocenters. The highest BCUT2D eigenvalue weighted by Gasteiger charge is 2.45. The maximum Gasteiger partial charge on any atom is 0.311 e. The van der Waals surface area contributed by atoms with Crippen LogP contribution in [0.5, 0.6) is 0 Å². The molecule has 124 valence electrons. The zero-order chi connectivity index (χ0) is 16.0.